The lowest BCUT2D eigenvalue weighted by atomic mass is 9.96. The van der Waals surface area contributed by atoms with Crippen molar-refractivity contribution in [2.45, 2.75) is 12.5 Å². The van der Waals surface area contributed by atoms with Crippen LogP contribution in [-0.4, -0.2) is 38.7 Å². The quantitative estimate of drug-likeness (QED) is 0.642. The van der Waals surface area contributed by atoms with Crippen LogP contribution in [0.5, 0.6) is 0 Å². The predicted octanol–water partition coefficient (Wildman–Crippen LogP) is 1.11. The maximum atomic E-state index is 10.8. The Morgan fingerprint density at radius 1 is 1.42 bits per heavy atom. The van der Waals surface area contributed by atoms with Crippen molar-refractivity contribution < 1.29 is 10.0 Å². The van der Waals surface area contributed by atoms with Crippen LogP contribution in [0.1, 0.15) is 6.92 Å². The Bertz CT molecular complexity index is 663. The van der Waals surface area contributed by atoms with Gasteiger partial charge < -0.3 is 10.0 Å². The third-order valence-corrected chi connectivity index (χ3v) is 3.17. The van der Waals surface area contributed by atoms with E-state index in [0.29, 0.717) is 29.8 Å². The van der Waals surface area contributed by atoms with E-state index in [2.05, 4.69) is 9.97 Å². The molecule has 1 fully saturated rings. The van der Waals surface area contributed by atoms with E-state index in [1.165, 1.54) is 18.5 Å². The molecule has 1 N–H and O–H groups in total. The summed E-state index contributed by atoms with van der Waals surface area (Å²) < 4.78 is 0. The number of hydrogen-bond donors (Lipinski definition) is 1. The molecule has 0 bridgehead atoms. The van der Waals surface area contributed by atoms with E-state index in [0.717, 1.165) is 0 Å². The van der Waals surface area contributed by atoms with Crippen LogP contribution in [0.2, 0.25) is 0 Å². The molecule has 2 aromatic rings. The van der Waals surface area contributed by atoms with E-state index in [-0.39, 0.29) is 5.69 Å². The Morgan fingerprint density at radius 3 is 2.79 bits per heavy atom. The van der Waals surface area contributed by atoms with Crippen LogP contribution in [0.3, 0.4) is 0 Å². The highest BCUT2D eigenvalue weighted by atomic mass is 16.6. The molecule has 3 rings (SSSR count). The van der Waals surface area contributed by atoms with E-state index in [1.807, 2.05) is 4.90 Å². The summed E-state index contributed by atoms with van der Waals surface area (Å²) >= 11 is 0. The van der Waals surface area contributed by atoms with Crippen molar-refractivity contribution >= 4 is 22.4 Å². The van der Waals surface area contributed by atoms with Gasteiger partial charge in [0.25, 0.3) is 5.69 Å². The minimum Gasteiger partial charge on any atom is -0.386 e. The number of benzene rings is 1. The molecule has 7 heteroatoms. The number of nitrogens with zero attached hydrogens (tertiary/aromatic N) is 4. The minimum atomic E-state index is -0.724. The summed E-state index contributed by atoms with van der Waals surface area (Å²) in [5.41, 5.74) is -0.0594. The lowest BCUT2D eigenvalue weighted by Gasteiger charge is -2.45. The molecule has 1 aliphatic rings. The number of hydrogen-bond acceptors (Lipinski definition) is 6. The first-order valence-electron chi connectivity index (χ1n) is 5.83. The van der Waals surface area contributed by atoms with Gasteiger partial charge in [0.1, 0.15) is 12.1 Å². The van der Waals surface area contributed by atoms with Gasteiger partial charge in [-0.3, -0.25) is 10.1 Å². The molecule has 0 radical (unpaired) electrons. The van der Waals surface area contributed by atoms with Crippen molar-refractivity contribution in [2.75, 3.05) is 18.0 Å². The van der Waals surface area contributed by atoms with Crippen LogP contribution in [-0.2, 0) is 0 Å². The van der Waals surface area contributed by atoms with Gasteiger partial charge in [-0.15, -0.1) is 0 Å². The third kappa shape index (κ3) is 1.97. The molecule has 1 saturated heterocycles. The SMILES string of the molecule is CC1(O)CN(c2ncnc3ccc([N+](=O)[O-])cc23)C1. The van der Waals surface area contributed by atoms with Crippen molar-refractivity contribution in [3.05, 3.63) is 34.6 Å². The zero-order valence-corrected chi connectivity index (χ0v) is 10.3. The average molecular weight is 260 g/mol. The van der Waals surface area contributed by atoms with Crippen molar-refractivity contribution in [1.29, 1.82) is 0 Å². The molecule has 19 heavy (non-hydrogen) atoms. The summed E-state index contributed by atoms with van der Waals surface area (Å²) in [6.07, 6.45) is 1.43. The Kier molecular flexibility index (Phi) is 2.39. The standard InChI is InChI=1S/C12H12N4O3/c1-12(17)5-15(6-12)11-9-4-8(16(18)19)2-3-10(9)13-7-14-11/h2-4,7,17H,5-6H2,1H3. The number of nitro groups is 1. The van der Waals surface area contributed by atoms with Crippen molar-refractivity contribution in [2.24, 2.45) is 0 Å². The monoisotopic (exact) mass is 260 g/mol. The highest BCUT2D eigenvalue weighted by Crippen LogP contribution is 2.32. The van der Waals surface area contributed by atoms with Crippen LogP contribution in [0.15, 0.2) is 24.5 Å². The largest absolute Gasteiger partial charge is 0.386 e. The summed E-state index contributed by atoms with van der Waals surface area (Å²) in [4.78, 5) is 20.5. The van der Waals surface area contributed by atoms with Gasteiger partial charge in [0.2, 0.25) is 0 Å². The first-order valence-corrected chi connectivity index (χ1v) is 5.83. The molecule has 98 valence electrons. The van der Waals surface area contributed by atoms with Crippen LogP contribution < -0.4 is 4.90 Å². The number of non-ortho nitro benzene ring substituents is 1. The lowest BCUT2D eigenvalue weighted by molar-refractivity contribution is -0.384. The second-order valence-electron chi connectivity index (χ2n) is 5.01. The number of nitro benzene ring substituents is 1. The summed E-state index contributed by atoms with van der Waals surface area (Å²) in [6.45, 7) is 2.67. The highest BCUT2D eigenvalue weighted by Gasteiger charge is 2.38. The second-order valence-corrected chi connectivity index (χ2v) is 5.01. The normalized spacial score (nSPS) is 17.3. The fraction of sp³-hybridized carbons (Fsp3) is 0.333. The highest BCUT2D eigenvalue weighted by molar-refractivity contribution is 5.91. The maximum absolute atomic E-state index is 10.8. The Hall–Kier alpha value is -2.28. The molecule has 0 spiro atoms. The Morgan fingerprint density at radius 2 is 2.16 bits per heavy atom. The van der Waals surface area contributed by atoms with E-state index in [9.17, 15) is 15.2 Å². The summed E-state index contributed by atoms with van der Waals surface area (Å²) in [7, 11) is 0. The molecule has 0 saturated carbocycles. The smallest absolute Gasteiger partial charge is 0.270 e. The number of rotatable bonds is 2. The number of aliphatic hydroxyl groups is 1. The first kappa shape index (κ1) is 11.8. The topological polar surface area (TPSA) is 92.4 Å². The Balaban J connectivity index is 2.09. The number of aromatic nitrogens is 2. The zero-order chi connectivity index (χ0) is 13.6. The van der Waals surface area contributed by atoms with Gasteiger partial charge in [0, 0.05) is 30.6 Å². The molecular formula is C12H12N4O3. The van der Waals surface area contributed by atoms with Crippen molar-refractivity contribution in [3.8, 4) is 0 Å². The van der Waals surface area contributed by atoms with Crippen LogP contribution >= 0.6 is 0 Å². The predicted molar refractivity (Wildman–Crippen MR) is 69.0 cm³/mol. The minimum absolute atomic E-state index is 0.0100. The molecule has 2 heterocycles. The van der Waals surface area contributed by atoms with Gasteiger partial charge in [0.05, 0.1) is 16.0 Å². The van der Waals surface area contributed by atoms with E-state index in [4.69, 9.17) is 0 Å². The summed E-state index contributed by atoms with van der Waals surface area (Å²) in [5, 5.41) is 21.2. The lowest BCUT2D eigenvalue weighted by Crippen LogP contribution is -2.60. The fourth-order valence-electron chi connectivity index (χ4n) is 2.32. The molecule has 0 unspecified atom stereocenters. The second kappa shape index (κ2) is 3.86. The van der Waals surface area contributed by atoms with Gasteiger partial charge in [-0.2, -0.15) is 0 Å². The molecule has 0 atom stereocenters. The molecular weight excluding hydrogens is 248 g/mol. The molecule has 0 amide bonds. The summed E-state index contributed by atoms with van der Waals surface area (Å²) in [6, 6.07) is 4.50. The number of fused-ring (bicyclic) bond motifs is 1. The zero-order valence-electron chi connectivity index (χ0n) is 10.3. The number of β-amino-alcohol motifs (C(OH)–C–C–N with tert-alkyl or cyclic N) is 1. The maximum Gasteiger partial charge on any atom is 0.270 e. The van der Waals surface area contributed by atoms with Crippen molar-refractivity contribution in [3.63, 3.8) is 0 Å². The summed E-state index contributed by atoms with van der Waals surface area (Å²) in [5.74, 6) is 0.625. The van der Waals surface area contributed by atoms with Crippen LogP contribution in [0, 0.1) is 10.1 Å². The van der Waals surface area contributed by atoms with E-state index < -0.39 is 10.5 Å². The van der Waals surface area contributed by atoms with E-state index >= 15 is 0 Å². The van der Waals surface area contributed by atoms with Crippen LogP contribution in [0.25, 0.3) is 10.9 Å². The van der Waals surface area contributed by atoms with Gasteiger partial charge in [0.15, 0.2) is 0 Å². The molecule has 0 aliphatic carbocycles. The fourth-order valence-corrected chi connectivity index (χ4v) is 2.32. The van der Waals surface area contributed by atoms with Crippen LogP contribution in [0.4, 0.5) is 11.5 Å². The van der Waals surface area contributed by atoms with Gasteiger partial charge in [-0.25, -0.2) is 9.97 Å². The van der Waals surface area contributed by atoms with E-state index in [1.54, 1.807) is 13.0 Å². The molecule has 1 aliphatic heterocycles. The molecule has 7 nitrogen and oxygen atoms in total. The third-order valence-electron chi connectivity index (χ3n) is 3.17. The van der Waals surface area contributed by atoms with Gasteiger partial charge in [-0.1, -0.05) is 0 Å². The Labute approximate surface area is 108 Å². The first-order chi connectivity index (χ1) is 8.96. The number of anilines is 1. The average Bonchev–Trinajstić information content (AvgIpc) is 2.34. The molecule has 1 aromatic carbocycles. The molecule has 1 aromatic heterocycles. The van der Waals surface area contributed by atoms with Crippen molar-refractivity contribution in [1.82, 2.24) is 9.97 Å². The van der Waals surface area contributed by atoms with Gasteiger partial charge in [-0.05, 0) is 13.0 Å². The van der Waals surface area contributed by atoms with Gasteiger partial charge >= 0.3 is 0 Å².